The highest BCUT2D eigenvalue weighted by Crippen LogP contribution is 2.21. The van der Waals surface area contributed by atoms with Crippen molar-refractivity contribution in [1.29, 1.82) is 0 Å². The number of nitrogens with one attached hydrogen (secondary N) is 2. The highest BCUT2D eigenvalue weighted by Gasteiger charge is 2.13. The summed E-state index contributed by atoms with van der Waals surface area (Å²) in [4.78, 5) is 12.2. The lowest BCUT2D eigenvalue weighted by atomic mass is 10.1. The Kier molecular flexibility index (Phi) is 6.91. The molecule has 2 aromatic carbocycles. The fourth-order valence-corrected chi connectivity index (χ4v) is 3.22. The van der Waals surface area contributed by atoms with Crippen LogP contribution in [-0.4, -0.2) is 32.2 Å². The van der Waals surface area contributed by atoms with Crippen LogP contribution in [0.25, 0.3) is 0 Å². The maximum atomic E-state index is 13.0. The highest BCUT2D eigenvalue weighted by atomic mass is 35.5. The number of aromatic nitrogens is 3. The number of nitrogen functional groups attached to an aromatic ring is 1. The zero-order valence-corrected chi connectivity index (χ0v) is 17.8. The van der Waals surface area contributed by atoms with Gasteiger partial charge in [0.15, 0.2) is 0 Å². The van der Waals surface area contributed by atoms with Crippen molar-refractivity contribution in [2.45, 2.75) is 19.0 Å². The number of carbonyl (C=O) groups excluding carboxylic acids is 1. The average molecular weight is 448 g/mol. The molecular formula is C19H19ClFN7OS. The summed E-state index contributed by atoms with van der Waals surface area (Å²) < 4.78 is 14.2. The zero-order valence-electron chi connectivity index (χ0n) is 16.2. The maximum absolute atomic E-state index is 13.0. The molecule has 0 atom stereocenters. The van der Waals surface area contributed by atoms with Crippen LogP contribution in [0.3, 0.4) is 0 Å². The first-order chi connectivity index (χ1) is 14.3. The minimum absolute atomic E-state index is 0.0825. The van der Waals surface area contributed by atoms with Gasteiger partial charge in [-0.1, -0.05) is 41.6 Å². The van der Waals surface area contributed by atoms with E-state index in [1.54, 1.807) is 31.2 Å². The SMILES string of the molecule is C/C(=N\Nc1nnc(SCC(=O)Nc2cc(Cl)ccc2C)n1N)c1ccc(F)cc1. The number of nitrogens with two attached hydrogens (primary N) is 1. The number of rotatable bonds is 7. The number of anilines is 2. The second kappa shape index (κ2) is 9.59. The molecule has 0 spiro atoms. The molecule has 0 radical (unpaired) electrons. The van der Waals surface area contributed by atoms with Crippen LogP contribution in [0.5, 0.6) is 0 Å². The summed E-state index contributed by atoms with van der Waals surface area (Å²) in [7, 11) is 0. The number of benzene rings is 2. The lowest BCUT2D eigenvalue weighted by Crippen LogP contribution is -2.17. The van der Waals surface area contributed by atoms with E-state index in [9.17, 15) is 9.18 Å². The number of hydrogen-bond donors (Lipinski definition) is 3. The quantitative estimate of drug-likeness (QED) is 0.220. The van der Waals surface area contributed by atoms with Gasteiger partial charge in [0.05, 0.1) is 11.5 Å². The number of aryl methyl sites for hydroxylation is 1. The van der Waals surface area contributed by atoms with E-state index in [0.29, 0.717) is 21.6 Å². The van der Waals surface area contributed by atoms with Crippen LogP contribution < -0.4 is 16.6 Å². The van der Waals surface area contributed by atoms with E-state index in [0.717, 1.165) is 22.9 Å². The number of hydrogen-bond acceptors (Lipinski definition) is 7. The van der Waals surface area contributed by atoms with E-state index in [4.69, 9.17) is 17.4 Å². The Bertz CT molecular complexity index is 1080. The third-order valence-corrected chi connectivity index (χ3v) is 5.23. The molecule has 0 saturated heterocycles. The Morgan fingerprint density at radius 2 is 2.00 bits per heavy atom. The maximum Gasteiger partial charge on any atom is 0.264 e. The fourth-order valence-electron chi connectivity index (χ4n) is 2.39. The van der Waals surface area contributed by atoms with Crippen LogP contribution in [-0.2, 0) is 4.79 Å². The highest BCUT2D eigenvalue weighted by molar-refractivity contribution is 7.99. The number of nitrogens with zero attached hydrogens (tertiary/aromatic N) is 4. The third-order valence-electron chi connectivity index (χ3n) is 4.06. The molecule has 0 saturated carbocycles. The van der Waals surface area contributed by atoms with Gasteiger partial charge in [0, 0.05) is 10.7 Å². The minimum atomic E-state index is -0.322. The van der Waals surface area contributed by atoms with Crippen molar-refractivity contribution in [3.8, 4) is 0 Å². The number of amides is 1. The van der Waals surface area contributed by atoms with Gasteiger partial charge in [-0.2, -0.15) is 5.10 Å². The van der Waals surface area contributed by atoms with E-state index in [1.165, 1.54) is 16.8 Å². The van der Waals surface area contributed by atoms with Crippen molar-refractivity contribution >= 4 is 46.6 Å². The molecule has 0 unspecified atom stereocenters. The summed E-state index contributed by atoms with van der Waals surface area (Å²) in [5.41, 5.74) is 5.63. The van der Waals surface area contributed by atoms with E-state index in [1.807, 2.05) is 13.0 Å². The van der Waals surface area contributed by atoms with Crippen molar-refractivity contribution in [2.75, 3.05) is 22.3 Å². The summed E-state index contributed by atoms with van der Waals surface area (Å²) in [5.74, 6) is 5.70. The lowest BCUT2D eigenvalue weighted by Gasteiger charge is -2.08. The van der Waals surface area contributed by atoms with Gasteiger partial charge in [-0.25, -0.2) is 14.5 Å². The van der Waals surface area contributed by atoms with E-state index >= 15 is 0 Å². The Morgan fingerprint density at radius 3 is 2.73 bits per heavy atom. The number of halogens is 2. The summed E-state index contributed by atoms with van der Waals surface area (Å²) in [6.45, 7) is 3.64. The summed E-state index contributed by atoms with van der Waals surface area (Å²) in [5, 5.41) is 15.7. The molecule has 4 N–H and O–H groups in total. The van der Waals surface area contributed by atoms with Gasteiger partial charge in [-0.15, -0.1) is 10.2 Å². The molecule has 0 bridgehead atoms. The van der Waals surface area contributed by atoms with Crippen LogP contribution in [0.4, 0.5) is 16.0 Å². The lowest BCUT2D eigenvalue weighted by molar-refractivity contribution is -0.113. The topological polar surface area (TPSA) is 110 Å². The molecule has 0 fully saturated rings. The first kappa shape index (κ1) is 21.6. The number of hydrazone groups is 1. The standard InChI is InChI=1S/C19H19ClFN7OS/c1-11-3-6-14(20)9-16(11)23-17(29)10-30-19-27-26-18(28(19)22)25-24-12(2)13-4-7-15(21)8-5-13/h3-9H,10,22H2,1-2H3,(H,23,29)(H,25,26)/b24-12+. The third kappa shape index (κ3) is 5.49. The fraction of sp³-hybridized carbons (Fsp3) is 0.158. The molecule has 0 aliphatic rings. The second-order valence-electron chi connectivity index (χ2n) is 6.29. The van der Waals surface area contributed by atoms with Crippen molar-refractivity contribution in [1.82, 2.24) is 14.9 Å². The predicted octanol–water partition coefficient (Wildman–Crippen LogP) is 3.66. The summed E-state index contributed by atoms with van der Waals surface area (Å²) in [6.07, 6.45) is 0. The largest absolute Gasteiger partial charge is 0.334 e. The average Bonchev–Trinajstić information content (AvgIpc) is 3.07. The molecule has 0 aliphatic carbocycles. The van der Waals surface area contributed by atoms with Crippen LogP contribution >= 0.6 is 23.4 Å². The van der Waals surface area contributed by atoms with Crippen LogP contribution in [0.1, 0.15) is 18.1 Å². The summed E-state index contributed by atoms with van der Waals surface area (Å²) in [6, 6.07) is 11.2. The summed E-state index contributed by atoms with van der Waals surface area (Å²) >= 11 is 7.09. The van der Waals surface area contributed by atoms with Gasteiger partial charge in [0.2, 0.25) is 11.1 Å². The van der Waals surface area contributed by atoms with Crippen LogP contribution in [0, 0.1) is 12.7 Å². The van der Waals surface area contributed by atoms with Gasteiger partial charge in [-0.05, 0) is 49.2 Å². The van der Waals surface area contributed by atoms with E-state index in [-0.39, 0.29) is 23.4 Å². The molecule has 8 nitrogen and oxygen atoms in total. The number of carbonyl (C=O) groups is 1. The molecule has 3 rings (SSSR count). The Morgan fingerprint density at radius 1 is 1.27 bits per heavy atom. The zero-order chi connectivity index (χ0) is 21.7. The molecule has 0 aliphatic heterocycles. The molecule has 30 heavy (non-hydrogen) atoms. The van der Waals surface area contributed by atoms with Crippen LogP contribution in [0.15, 0.2) is 52.7 Å². The Hall–Kier alpha value is -3.11. The Labute approximate surface area is 181 Å². The van der Waals surface area contributed by atoms with Gasteiger partial charge in [0.25, 0.3) is 5.95 Å². The molecule has 1 amide bonds. The number of thioether (sulfide) groups is 1. The van der Waals surface area contributed by atoms with Gasteiger partial charge in [0.1, 0.15) is 5.82 Å². The van der Waals surface area contributed by atoms with Crippen molar-refractivity contribution in [2.24, 2.45) is 5.10 Å². The second-order valence-corrected chi connectivity index (χ2v) is 7.67. The van der Waals surface area contributed by atoms with Crippen LogP contribution in [0.2, 0.25) is 5.02 Å². The Balaban J connectivity index is 1.58. The smallest absolute Gasteiger partial charge is 0.264 e. The van der Waals surface area contributed by atoms with Crippen molar-refractivity contribution in [3.63, 3.8) is 0 Å². The monoisotopic (exact) mass is 447 g/mol. The van der Waals surface area contributed by atoms with E-state index in [2.05, 4.69) is 26.0 Å². The minimum Gasteiger partial charge on any atom is -0.334 e. The predicted molar refractivity (Wildman–Crippen MR) is 118 cm³/mol. The van der Waals surface area contributed by atoms with Gasteiger partial charge in [-0.3, -0.25) is 4.79 Å². The molecule has 3 aromatic rings. The van der Waals surface area contributed by atoms with Crippen molar-refractivity contribution < 1.29 is 9.18 Å². The molecular weight excluding hydrogens is 429 g/mol. The van der Waals surface area contributed by atoms with Gasteiger partial charge >= 0.3 is 0 Å². The van der Waals surface area contributed by atoms with Gasteiger partial charge < -0.3 is 11.2 Å². The molecule has 1 aromatic heterocycles. The first-order valence-corrected chi connectivity index (χ1v) is 10.2. The molecule has 1 heterocycles. The normalized spacial score (nSPS) is 11.4. The first-order valence-electron chi connectivity index (χ1n) is 8.79. The van der Waals surface area contributed by atoms with E-state index < -0.39 is 0 Å². The molecule has 11 heteroatoms. The molecule has 156 valence electrons. The van der Waals surface area contributed by atoms with Crippen molar-refractivity contribution in [3.05, 3.63) is 64.4 Å².